The maximum atomic E-state index is 12.0. The van der Waals surface area contributed by atoms with Crippen molar-refractivity contribution in [2.75, 3.05) is 19.0 Å². The van der Waals surface area contributed by atoms with E-state index in [1.54, 1.807) is 18.4 Å². The number of nitrogens with zero attached hydrogens (tertiary/aromatic N) is 1. The van der Waals surface area contributed by atoms with Crippen molar-refractivity contribution in [1.29, 1.82) is 0 Å². The Morgan fingerprint density at radius 1 is 1.22 bits per heavy atom. The van der Waals surface area contributed by atoms with Crippen LogP contribution in [-0.4, -0.2) is 34.7 Å². The molecular weight excluding hydrogens is 422 g/mol. The zero-order valence-electron chi connectivity index (χ0n) is 18.4. The molecule has 0 aliphatic rings. The van der Waals surface area contributed by atoms with Gasteiger partial charge in [-0.2, -0.15) is 0 Å². The van der Waals surface area contributed by atoms with Gasteiger partial charge in [-0.1, -0.05) is 38.1 Å². The largest absolute Gasteiger partial charge is 0.497 e. The van der Waals surface area contributed by atoms with Crippen LogP contribution in [0.1, 0.15) is 30.2 Å². The first-order valence-corrected chi connectivity index (χ1v) is 11.4. The number of methoxy groups -OCH3 is 1. The van der Waals surface area contributed by atoms with Crippen LogP contribution < -0.4 is 10.1 Å². The van der Waals surface area contributed by atoms with Gasteiger partial charge in [0.2, 0.25) is 0 Å². The number of rotatable bonds is 9. The molecule has 0 bridgehead atoms. The molecule has 166 valence electrons. The van der Waals surface area contributed by atoms with Gasteiger partial charge in [0.05, 0.1) is 18.7 Å². The molecule has 3 N–H and O–H groups in total. The van der Waals surface area contributed by atoms with E-state index in [2.05, 4.69) is 24.1 Å². The average molecular weight is 450 g/mol. The second-order valence-electron chi connectivity index (χ2n) is 8.09. The SMILES string of the molecule is COc1cccc(-c2nc(NCC(Cc3cccc4[nH]ccc34)C(=O)O)sc2C(C)C)c1. The zero-order chi connectivity index (χ0) is 22.7. The summed E-state index contributed by atoms with van der Waals surface area (Å²) in [6.07, 6.45) is 2.33. The Morgan fingerprint density at radius 3 is 2.78 bits per heavy atom. The number of aromatic amines is 1. The summed E-state index contributed by atoms with van der Waals surface area (Å²) >= 11 is 1.58. The second kappa shape index (κ2) is 9.44. The number of H-pyrrole nitrogens is 1. The Labute approximate surface area is 191 Å². The third-order valence-electron chi connectivity index (χ3n) is 5.52. The van der Waals surface area contributed by atoms with Crippen LogP contribution in [0.15, 0.2) is 54.7 Å². The molecule has 32 heavy (non-hydrogen) atoms. The molecule has 0 aliphatic heterocycles. The van der Waals surface area contributed by atoms with Gasteiger partial charge in [-0.25, -0.2) is 4.98 Å². The molecule has 1 atom stereocenters. The third-order valence-corrected chi connectivity index (χ3v) is 6.84. The van der Waals surface area contributed by atoms with E-state index in [0.29, 0.717) is 18.9 Å². The minimum atomic E-state index is -0.821. The predicted molar refractivity (Wildman–Crippen MR) is 130 cm³/mol. The second-order valence-corrected chi connectivity index (χ2v) is 9.13. The van der Waals surface area contributed by atoms with Crippen molar-refractivity contribution in [2.45, 2.75) is 26.2 Å². The van der Waals surface area contributed by atoms with Gasteiger partial charge in [0, 0.05) is 34.1 Å². The summed E-state index contributed by atoms with van der Waals surface area (Å²) in [6.45, 7) is 4.58. The minimum absolute atomic E-state index is 0.297. The topological polar surface area (TPSA) is 87.2 Å². The van der Waals surface area contributed by atoms with Gasteiger partial charge in [0.25, 0.3) is 0 Å². The summed E-state index contributed by atoms with van der Waals surface area (Å²) in [5.74, 6) is -0.309. The van der Waals surface area contributed by atoms with Crippen molar-refractivity contribution in [1.82, 2.24) is 9.97 Å². The smallest absolute Gasteiger partial charge is 0.308 e. The van der Waals surface area contributed by atoms with Crippen LogP contribution in [-0.2, 0) is 11.2 Å². The number of benzene rings is 2. The molecule has 1 unspecified atom stereocenters. The normalized spacial score (nSPS) is 12.2. The summed E-state index contributed by atoms with van der Waals surface area (Å²) in [4.78, 5) is 21.1. The molecule has 0 saturated carbocycles. The molecule has 4 rings (SSSR count). The Hall–Kier alpha value is -3.32. The highest BCUT2D eigenvalue weighted by molar-refractivity contribution is 7.16. The molecular formula is C25H27N3O3S. The van der Waals surface area contributed by atoms with Crippen LogP contribution in [0, 0.1) is 5.92 Å². The van der Waals surface area contributed by atoms with Crippen LogP contribution in [0.25, 0.3) is 22.2 Å². The Morgan fingerprint density at radius 2 is 2.03 bits per heavy atom. The maximum Gasteiger partial charge on any atom is 0.308 e. The lowest BCUT2D eigenvalue weighted by atomic mass is 9.97. The fourth-order valence-corrected chi connectivity index (χ4v) is 4.82. The lowest BCUT2D eigenvalue weighted by molar-refractivity contribution is -0.141. The maximum absolute atomic E-state index is 12.0. The van der Waals surface area contributed by atoms with Crippen molar-refractivity contribution in [3.05, 3.63) is 65.2 Å². The number of nitrogens with one attached hydrogen (secondary N) is 2. The monoisotopic (exact) mass is 449 g/mol. The van der Waals surface area contributed by atoms with Crippen LogP contribution >= 0.6 is 11.3 Å². The van der Waals surface area contributed by atoms with Crippen LogP contribution in [0.5, 0.6) is 5.75 Å². The van der Waals surface area contributed by atoms with Gasteiger partial charge in [0.15, 0.2) is 5.13 Å². The summed E-state index contributed by atoms with van der Waals surface area (Å²) in [6, 6.07) is 15.8. The van der Waals surface area contributed by atoms with E-state index in [1.807, 2.05) is 54.7 Å². The van der Waals surface area contributed by atoms with Gasteiger partial charge in [-0.3, -0.25) is 4.79 Å². The molecule has 2 aromatic carbocycles. The van der Waals surface area contributed by atoms with Crippen LogP contribution in [0.3, 0.4) is 0 Å². The van der Waals surface area contributed by atoms with E-state index < -0.39 is 11.9 Å². The quantitative estimate of drug-likeness (QED) is 0.302. The highest BCUT2D eigenvalue weighted by atomic mass is 32.1. The van der Waals surface area contributed by atoms with Gasteiger partial charge in [0.1, 0.15) is 5.75 Å². The number of carboxylic acid groups (broad SMARTS) is 1. The fourth-order valence-electron chi connectivity index (χ4n) is 3.83. The van der Waals surface area contributed by atoms with E-state index >= 15 is 0 Å². The highest BCUT2D eigenvalue weighted by Crippen LogP contribution is 2.37. The van der Waals surface area contributed by atoms with Crippen molar-refractivity contribution < 1.29 is 14.6 Å². The Balaban J connectivity index is 1.55. The molecule has 0 spiro atoms. The summed E-state index contributed by atoms with van der Waals surface area (Å²) in [7, 11) is 1.65. The number of aliphatic carboxylic acids is 1. The van der Waals surface area contributed by atoms with E-state index in [1.165, 1.54) is 0 Å². The van der Waals surface area contributed by atoms with Crippen LogP contribution in [0.2, 0.25) is 0 Å². The predicted octanol–water partition coefficient (Wildman–Crippen LogP) is 5.78. The van der Waals surface area contributed by atoms with E-state index in [9.17, 15) is 9.90 Å². The molecule has 0 fully saturated rings. The van der Waals surface area contributed by atoms with Crippen molar-refractivity contribution in [3.63, 3.8) is 0 Å². The van der Waals surface area contributed by atoms with Gasteiger partial charge in [-0.05, 0) is 42.2 Å². The lowest BCUT2D eigenvalue weighted by Crippen LogP contribution is -2.25. The zero-order valence-corrected chi connectivity index (χ0v) is 19.2. The molecule has 0 saturated heterocycles. The lowest BCUT2D eigenvalue weighted by Gasteiger charge is -2.14. The molecule has 2 aromatic heterocycles. The first kappa shape index (κ1) is 21.9. The molecule has 4 aromatic rings. The first-order chi connectivity index (χ1) is 15.5. The number of aromatic nitrogens is 2. The summed E-state index contributed by atoms with van der Waals surface area (Å²) in [5.41, 5.74) is 3.95. The van der Waals surface area contributed by atoms with Crippen molar-refractivity contribution in [3.8, 4) is 17.0 Å². The average Bonchev–Trinajstić information content (AvgIpc) is 3.44. The molecule has 6 nitrogen and oxygen atoms in total. The first-order valence-electron chi connectivity index (χ1n) is 10.6. The molecule has 0 aliphatic carbocycles. The number of carboxylic acids is 1. The molecule has 2 heterocycles. The van der Waals surface area contributed by atoms with E-state index in [-0.39, 0.29) is 0 Å². The number of anilines is 1. The minimum Gasteiger partial charge on any atom is -0.497 e. The van der Waals surface area contributed by atoms with Crippen LogP contribution in [0.4, 0.5) is 5.13 Å². The third kappa shape index (κ3) is 4.62. The number of hydrogen-bond acceptors (Lipinski definition) is 5. The number of ether oxygens (including phenoxy) is 1. The molecule has 0 amide bonds. The van der Waals surface area contributed by atoms with Crippen molar-refractivity contribution in [2.24, 2.45) is 5.92 Å². The fraction of sp³-hybridized carbons (Fsp3) is 0.280. The number of hydrogen-bond donors (Lipinski definition) is 3. The van der Waals surface area contributed by atoms with E-state index in [4.69, 9.17) is 9.72 Å². The van der Waals surface area contributed by atoms with Gasteiger partial charge >= 0.3 is 5.97 Å². The number of fused-ring (bicyclic) bond motifs is 1. The summed E-state index contributed by atoms with van der Waals surface area (Å²) in [5, 5.41) is 14.9. The Kier molecular flexibility index (Phi) is 6.46. The molecule has 0 radical (unpaired) electrons. The van der Waals surface area contributed by atoms with E-state index in [0.717, 1.165) is 43.5 Å². The number of carbonyl (C=O) groups is 1. The molecule has 7 heteroatoms. The van der Waals surface area contributed by atoms with Crippen molar-refractivity contribution >= 4 is 33.3 Å². The highest BCUT2D eigenvalue weighted by Gasteiger charge is 2.21. The summed E-state index contributed by atoms with van der Waals surface area (Å²) < 4.78 is 5.36. The van der Waals surface area contributed by atoms with Gasteiger partial charge < -0.3 is 20.1 Å². The number of thiazole rings is 1. The standard InChI is InChI=1S/C25H27N3O3S/c1-15(2)23-22(17-7-4-8-19(13-17)31-3)28-25(32-23)27-14-18(24(29)30)12-16-6-5-9-21-20(16)10-11-26-21/h4-11,13,15,18,26H,12,14H2,1-3H3,(H,27,28)(H,29,30). The van der Waals surface area contributed by atoms with Gasteiger partial charge in [-0.15, -0.1) is 11.3 Å². The Bertz CT molecular complexity index is 1230.